The molecule has 1 amide bonds. The molecule has 0 bridgehead atoms. The van der Waals surface area contributed by atoms with Crippen LogP contribution in [0, 0.1) is 0 Å². The fraction of sp³-hybridized carbons (Fsp3) is 0.667. The third-order valence-electron chi connectivity index (χ3n) is 1.11. The van der Waals surface area contributed by atoms with E-state index in [2.05, 4.69) is 5.32 Å². The molecular weight excluding hydrogens is 118 g/mol. The van der Waals surface area contributed by atoms with Gasteiger partial charge < -0.3 is 5.32 Å². The molecule has 0 fully saturated rings. The maximum atomic E-state index is 10.3. The third kappa shape index (κ3) is 3.70. The van der Waals surface area contributed by atoms with E-state index in [9.17, 15) is 9.59 Å². The van der Waals surface area contributed by atoms with Gasteiger partial charge in [-0.1, -0.05) is 6.92 Å². The van der Waals surface area contributed by atoms with Crippen molar-refractivity contribution in [2.75, 3.05) is 0 Å². The Morgan fingerprint density at radius 3 is 2.67 bits per heavy atom. The Kier molecular flexibility index (Phi) is 3.67. The van der Waals surface area contributed by atoms with Crippen LogP contribution in [0.15, 0.2) is 0 Å². The maximum absolute atomic E-state index is 10.3. The van der Waals surface area contributed by atoms with Gasteiger partial charge in [-0.2, -0.15) is 0 Å². The van der Waals surface area contributed by atoms with Gasteiger partial charge in [-0.25, -0.2) is 0 Å². The number of hydrogen-bond acceptors (Lipinski definition) is 2. The summed E-state index contributed by atoms with van der Waals surface area (Å²) in [6, 6.07) is 0.0997. The molecule has 1 unspecified atom stereocenters. The van der Waals surface area contributed by atoms with Gasteiger partial charge in [0.1, 0.15) is 0 Å². The molecule has 0 aliphatic heterocycles. The standard InChI is InChI=1S/C6H11NO2/c1-3-5(2)7-6(9)4-8/h4-5H,3H2,1-2H3,(H,7,9). The lowest BCUT2D eigenvalue weighted by atomic mass is 10.3. The van der Waals surface area contributed by atoms with E-state index in [1.165, 1.54) is 0 Å². The molecule has 0 rings (SSSR count). The van der Waals surface area contributed by atoms with Crippen molar-refractivity contribution in [3.63, 3.8) is 0 Å². The van der Waals surface area contributed by atoms with Crippen LogP contribution in [0.2, 0.25) is 0 Å². The highest BCUT2D eigenvalue weighted by molar-refractivity contribution is 6.23. The Bertz CT molecular complexity index is 112. The highest BCUT2D eigenvalue weighted by Crippen LogP contribution is 1.85. The molecule has 0 radical (unpaired) electrons. The third-order valence-corrected chi connectivity index (χ3v) is 1.11. The lowest BCUT2D eigenvalue weighted by Crippen LogP contribution is -2.32. The van der Waals surface area contributed by atoms with Gasteiger partial charge in [0.15, 0.2) is 0 Å². The summed E-state index contributed by atoms with van der Waals surface area (Å²) in [5.74, 6) is -0.538. The minimum Gasteiger partial charge on any atom is -0.347 e. The lowest BCUT2D eigenvalue weighted by Gasteiger charge is -2.06. The fourth-order valence-electron chi connectivity index (χ4n) is 0.379. The number of amides is 1. The first-order chi connectivity index (χ1) is 4.20. The summed E-state index contributed by atoms with van der Waals surface area (Å²) in [6.45, 7) is 3.79. The number of nitrogens with one attached hydrogen (secondary N) is 1. The Hall–Kier alpha value is -0.860. The van der Waals surface area contributed by atoms with Crippen molar-refractivity contribution in [2.24, 2.45) is 0 Å². The van der Waals surface area contributed by atoms with Gasteiger partial charge in [-0.15, -0.1) is 0 Å². The predicted octanol–water partition coefficient (Wildman–Crippen LogP) is 0.1000. The van der Waals surface area contributed by atoms with Crippen molar-refractivity contribution in [3.8, 4) is 0 Å². The summed E-state index contributed by atoms with van der Waals surface area (Å²) < 4.78 is 0. The van der Waals surface area contributed by atoms with Gasteiger partial charge in [0.05, 0.1) is 0 Å². The van der Waals surface area contributed by atoms with E-state index in [1.54, 1.807) is 0 Å². The second-order valence-electron chi connectivity index (χ2n) is 1.94. The molecule has 0 heterocycles. The molecule has 0 aromatic heterocycles. The molecule has 0 aromatic carbocycles. The lowest BCUT2D eigenvalue weighted by molar-refractivity contribution is -0.131. The molecular formula is C6H11NO2. The van der Waals surface area contributed by atoms with Crippen LogP contribution in [-0.4, -0.2) is 18.2 Å². The van der Waals surface area contributed by atoms with E-state index in [-0.39, 0.29) is 12.3 Å². The molecule has 0 saturated heterocycles. The van der Waals surface area contributed by atoms with Gasteiger partial charge in [0.2, 0.25) is 6.29 Å². The Labute approximate surface area is 54.4 Å². The van der Waals surface area contributed by atoms with Crippen LogP contribution in [0.1, 0.15) is 20.3 Å². The normalized spacial score (nSPS) is 12.2. The molecule has 1 N–H and O–H groups in total. The molecule has 0 aromatic rings. The van der Waals surface area contributed by atoms with Crippen molar-refractivity contribution >= 4 is 12.2 Å². The first-order valence-corrected chi connectivity index (χ1v) is 2.96. The van der Waals surface area contributed by atoms with Crippen LogP contribution in [-0.2, 0) is 9.59 Å². The van der Waals surface area contributed by atoms with E-state index in [4.69, 9.17) is 0 Å². The summed E-state index contributed by atoms with van der Waals surface area (Å²) in [5, 5.41) is 2.47. The van der Waals surface area contributed by atoms with E-state index < -0.39 is 5.91 Å². The number of carbonyl (C=O) groups excluding carboxylic acids is 2. The highest BCUT2D eigenvalue weighted by atomic mass is 16.2. The van der Waals surface area contributed by atoms with E-state index in [1.807, 2.05) is 13.8 Å². The zero-order chi connectivity index (χ0) is 7.28. The average Bonchev–Trinajstić information content (AvgIpc) is 1.87. The van der Waals surface area contributed by atoms with Crippen LogP contribution in [0.25, 0.3) is 0 Å². The average molecular weight is 129 g/mol. The number of aldehydes is 1. The van der Waals surface area contributed by atoms with Crippen LogP contribution >= 0.6 is 0 Å². The fourth-order valence-corrected chi connectivity index (χ4v) is 0.379. The zero-order valence-electron chi connectivity index (χ0n) is 5.68. The molecule has 3 nitrogen and oxygen atoms in total. The number of rotatable bonds is 3. The summed E-state index contributed by atoms with van der Waals surface area (Å²) in [5.41, 5.74) is 0. The van der Waals surface area contributed by atoms with Crippen molar-refractivity contribution in [3.05, 3.63) is 0 Å². The topological polar surface area (TPSA) is 46.2 Å². The molecule has 9 heavy (non-hydrogen) atoms. The van der Waals surface area contributed by atoms with Crippen molar-refractivity contribution in [1.82, 2.24) is 5.32 Å². The predicted molar refractivity (Wildman–Crippen MR) is 34.0 cm³/mol. The van der Waals surface area contributed by atoms with Gasteiger partial charge in [-0.05, 0) is 13.3 Å². The van der Waals surface area contributed by atoms with Crippen molar-refractivity contribution < 1.29 is 9.59 Å². The second kappa shape index (κ2) is 4.06. The summed E-state index contributed by atoms with van der Waals surface area (Å²) in [7, 11) is 0. The first kappa shape index (κ1) is 8.14. The number of hydrogen-bond donors (Lipinski definition) is 1. The van der Waals surface area contributed by atoms with Crippen molar-refractivity contribution in [1.29, 1.82) is 0 Å². The molecule has 0 spiro atoms. The minimum atomic E-state index is -0.538. The van der Waals surface area contributed by atoms with Gasteiger partial charge in [0, 0.05) is 6.04 Å². The van der Waals surface area contributed by atoms with Gasteiger partial charge in [-0.3, -0.25) is 9.59 Å². The van der Waals surface area contributed by atoms with Gasteiger partial charge >= 0.3 is 0 Å². The molecule has 52 valence electrons. The minimum absolute atomic E-state index is 0.0997. The Balaban J connectivity index is 3.46. The van der Waals surface area contributed by atoms with Crippen LogP contribution < -0.4 is 5.32 Å². The van der Waals surface area contributed by atoms with Gasteiger partial charge in [0.25, 0.3) is 5.91 Å². The van der Waals surface area contributed by atoms with Crippen molar-refractivity contribution in [2.45, 2.75) is 26.3 Å². The maximum Gasteiger partial charge on any atom is 0.284 e. The highest BCUT2D eigenvalue weighted by Gasteiger charge is 2.01. The Morgan fingerprint density at radius 1 is 1.78 bits per heavy atom. The first-order valence-electron chi connectivity index (χ1n) is 2.96. The van der Waals surface area contributed by atoms with E-state index in [0.717, 1.165) is 6.42 Å². The SMILES string of the molecule is CCC(C)NC(=O)C=O. The summed E-state index contributed by atoms with van der Waals surface area (Å²) >= 11 is 0. The second-order valence-corrected chi connectivity index (χ2v) is 1.94. The smallest absolute Gasteiger partial charge is 0.284 e. The summed E-state index contributed by atoms with van der Waals surface area (Å²) in [6.07, 6.45) is 1.13. The van der Waals surface area contributed by atoms with E-state index in [0.29, 0.717) is 0 Å². The largest absolute Gasteiger partial charge is 0.347 e. The quantitative estimate of drug-likeness (QED) is 0.434. The summed E-state index contributed by atoms with van der Waals surface area (Å²) in [4.78, 5) is 20.0. The molecule has 0 aliphatic carbocycles. The van der Waals surface area contributed by atoms with E-state index >= 15 is 0 Å². The van der Waals surface area contributed by atoms with Crippen LogP contribution in [0.5, 0.6) is 0 Å². The Morgan fingerprint density at radius 2 is 2.33 bits per heavy atom. The molecule has 1 atom stereocenters. The molecule has 3 heteroatoms. The molecule has 0 saturated carbocycles. The zero-order valence-corrected chi connectivity index (χ0v) is 5.68. The van der Waals surface area contributed by atoms with Crippen LogP contribution in [0.3, 0.4) is 0 Å². The van der Waals surface area contributed by atoms with Crippen LogP contribution in [0.4, 0.5) is 0 Å². The molecule has 0 aliphatic rings. The number of carbonyl (C=O) groups is 2. The monoisotopic (exact) mass is 129 g/mol.